The molecule has 4 aromatic rings. The van der Waals surface area contributed by atoms with Crippen LogP contribution in [0, 0.1) is 0 Å². The molecule has 1 fully saturated rings. The van der Waals surface area contributed by atoms with Gasteiger partial charge in [-0.15, -0.1) is 0 Å². The predicted molar refractivity (Wildman–Crippen MR) is 117 cm³/mol. The van der Waals surface area contributed by atoms with E-state index in [-0.39, 0.29) is 12.5 Å². The number of benzene rings is 3. The van der Waals surface area contributed by atoms with E-state index in [1.165, 1.54) is 0 Å². The number of ether oxygens (including phenoxy) is 2. The highest BCUT2D eigenvalue weighted by Crippen LogP contribution is 2.31. The lowest BCUT2D eigenvalue weighted by molar-refractivity contribution is -0.118. The second kappa shape index (κ2) is 8.08. The zero-order chi connectivity index (χ0) is 20.3. The van der Waals surface area contributed by atoms with Gasteiger partial charge in [0.25, 0.3) is 5.91 Å². The Balaban J connectivity index is 1.28. The van der Waals surface area contributed by atoms with E-state index in [9.17, 15) is 4.79 Å². The van der Waals surface area contributed by atoms with Gasteiger partial charge in [0.1, 0.15) is 16.9 Å². The van der Waals surface area contributed by atoms with Crippen LogP contribution in [0.15, 0.2) is 71.1 Å². The summed E-state index contributed by atoms with van der Waals surface area (Å²) in [6.45, 7) is 2.93. The quantitative estimate of drug-likeness (QED) is 0.535. The molecule has 0 bridgehead atoms. The first-order valence-electron chi connectivity index (χ1n) is 10.0. The topological polar surface area (TPSA) is 63.9 Å². The molecule has 1 saturated heterocycles. The number of amides is 1. The number of nitrogens with zero attached hydrogens (tertiary/aromatic N) is 1. The smallest absolute Gasteiger partial charge is 0.262 e. The fourth-order valence-electron chi connectivity index (χ4n) is 3.79. The summed E-state index contributed by atoms with van der Waals surface area (Å²) in [5, 5.41) is 4.98. The van der Waals surface area contributed by atoms with Crippen LogP contribution >= 0.6 is 0 Å². The molecular formula is C24H22N2O4. The number of fused-ring (bicyclic) bond motifs is 3. The van der Waals surface area contributed by atoms with Gasteiger partial charge < -0.3 is 24.1 Å². The first kappa shape index (κ1) is 18.5. The van der Waals surface area contributed by atoms with Gasteiger partial charge in [0.15, 0.2) is 6.61 Å². The Morgan fingerprint density at radius 2 is 1.70 bits per heavy atom. The van der Waals surface area contributed by atoms with Gasteiger partial charge in [0.05, 0.1) is 24.6 Å². The molecule has 1 aromatic heterocycles. The van der Waals surface area contributed by atoms with Gasteiger partial charge in [0, 0.05) is 23.9 Å². The molecular weight excluding hydrogens is 380 g/mol. The largest absolute Gasteiger partial charge is 0.484 e. The molecule has 1 aliphatic heterocycles. The van der Waals surface area contributed by atoms with Crippen molar-refractivity contribution in [1.82, 2.24) is 0 Å². The third-order valence-electron chi connectivity index (χ3n) is 5.25. The summed E-state index contributed by atoms with van der Waals surface area (Å²) >= 11 is 0. The monoisotopic (exact) mass is 402 g/mol. The molecule has 2 heterocycles. The Labute approximate surface area is 174 Å². The van der Waals surface area contributed by atoms with Crippen LogP contribution in [0.5, 0.6) is 5.75 Å². The van der Waals surface area contributed by atoms with Gasteiger partial charge in [0.2, 0.25) is 0 Å². The molecule has 1 N–H and O–H groups in total. The molecule has 152 valence electrons. The minimum Gasteiger partial charge on any atom is -0.484 e. The van der Waals surface area contributed by atoms with E-state index in [0.29, 0.717) is 19.0 Å². The molecule has 0 spiro atoms. The van der Waals surface area contributed by atoms with Crippen molar-refractivity contribution in [2.24, 2.45) is 0 Å². The third-order valence-corrected chi connectivity index (χ3v) is 5.25. The van der Waals surface area contributed by atoms with Gasteiger partial charge in [-0.2, -0.15) is 0 Å². The van der Waals surface area contributed by atoms with Crippen molar-refractivity contribution >= 4 is 39.2 Å². The maximum Gasteiger partial charge on any atom is 0.262 e. The van der Waals surface area contributed by atoms with Crippen LogP contribution in [0.25, 0.3) is 21.9 Å². The lowest BCUT2D eigenvalue weighted by Gasteiger charge is -2.30. The summed E-state index contributed by atoms with van der Waals surface area (Å²) in [4.78, 5) is 14.8. The Morgan fingerprint density at radius 1 is 0.933 bits per heavy atom. The first-order valence-corrected chi connectivity index (χ1v) is 10.0. The Morgan fingerprint density at radius 3 is 2.60 bits per heavy atom. The van der Waals surface area contributed by atoms with E-state index in [1.54, 1.807) is 0 Å². The van der Waals surface area contributed by atoms with Crippen molar-refractivity contribution in [3.05, 3.63) is 66.7 Å². The first-order chi connectivity index (χ1) is 14.8. The molecule has 0 aliphatic carbocycles. The van der Waals surface area contributed by atoms with E-state index in [4.69, 9.17) is 13.9 Å². The fourth-order valence-corrected chi connectivity index (χ4v) is 3.79. The summed E-state index contributed by atoms with van der Waals surface area (Å²) in [7, 11) is 0. The van der Waals surface area contributed by atoms with Crippen LogP contribution in [0.1, 0.15) is 0 Å². The van der Waals surface area contributed by atoms with Crippen molar-refractivity contribution in [3.8, 4) is 5.75 Å². The molecule has 3 aromatic carbocycles. The van der Waals surface area contributed by atoms with Crippen molar-refractivity contribution in [2.75, 3.05) is 43.1 Å². The number of furan rings is 1. The highest BCUT2D eigenvalue weighted by molar-refractivity contribution is 6.05. The minimum atomic E-state index is -0.201. The molecule has 5 rings (SSSR count). The summed E-state index contributed by atoms with van der Waals surface area (Å²) < 4.78 is 17.0. The lowest BCUT2D eigenvalue weighted by atomic mass is 10.1. The zero-order valence-electron chi connectivity index (χ0n) is 16.5. The van der Waals surface area contributed by atoms with E-state index in [1.807, 2.05) is 66.7 Å². The highest BCUT2D eigenvalue weighted by Gasteiger charge is 2.16. The number of nitrogens with one attached hydrogen (secondary N) is 1. The molecule has 6 nitrogen and oxygen atoms in total. The van der Waals surface area contributed by atoms with Crippen LogP contribution in [0.4, 0.5) is 11.4 Å². The average Bonchev–Trinajstić information content (AvgIpc) is 3.17. The van der Waals surface area contributed by atoms with Crippen molar-refractivity contribution in [3.63, 3.8) is 0 Å². The average molecular weight is 402 g/mol. The van der Waals surface area contributed by atoms with Gasteiger partial charge in [-0.3, -0.25) is 4.79 Å². The number of anilines is 2. The van der Waals surface area contributed by atoms with Crippen molar-refractivity contribution in [1.29, 1.82) is 0 Å². The Hall–Kier alpha value is -3.51. The van der Waals surface area contributed by atoms with Crippen LogP contribution in [0.3, 0.4) is 0 Å². The van der Waals surface area contributed by atoms with Crippen LogP contribution in [-0.2, 0) is 9.53 Å². The highest BCUT2D eigenvalue weighted by atomic mass is 16.5. The van der Waals surface area contributed by atoms with Crippen LogP contribution in [-0.4, -0.2) is 38.8 Å². The molecule has 0 radical (unpaired) electrons. The number of hydrogen-bond acceptors (Lipinski definition) is 5. The number of morpholine rings is 1. The second-order valence-electron chi connectivity index (χ2n) is 7.21. The van der Waals surface area contributed by atoms with Crippen LogP contribution < -0.4 is 15.0 Å². The molecule has 0 saturated carbocycles. The maximum absolute atomic E-state index is 12.5. The third kappa shape index (κ3) is 3.69. The van der Waals surface area contributed by atoms with Crippen molar-refractivity contribution in [2.45, 2.75) is 0 Å². The molecule has 1 aliphatic rings. The van der Waals surface area contributed by atoms with E-state index in [2.05, 4.69) is 10.2 Å². The van der Waals surface area contributed by atoms with Gasteiger partial charge in [-0.05, 0) is 36.4 Å². The van der Waals surface area contributed by atoms with Gasteiger partial charge >= 0.3 is 0 Å². The molecule has 30 heavy (non-hydrogen) atoms. The van der Waals surface area contributed by atoms with Crippen molar-refractivity contribution < 1.29 is 18.7 Å². The predicted octanol–water partition coefficient (Wildman–Crippen LogP) is 4.44. The SMILES string of the molecule is O=C(COc1ccc2oc3ccccc3c2c1)Nc1ccccc1N1CCOCC1. The normalized spacial score (nSPS) is 14.2. The minimum absolute atomic E-state index is 0.0707. The number of carbonyl (C=O) groups is 1. The van der Waals surface area contributed by atoms with E-state index in [0.717, 1.165) is 46.4 Å². The molecule has 0 unspecified atom stereocenters. The number of rotatable bonds is 5. The fraction of sp³-hybridized carbons (Fsp3) is 0.208. The van der Waals surface area contributed by atoms with E-state index >= 15 is 0 Å². The standard InChI is InChI=1S/C24H22N2O4/c27-24(25-20-6-2-3-7-21(20)26-11-13-28-14-12-26)16-29-17-9-10-23-19(15-17)18-5-1-4-8-22(18)30-23/h1-10,15H,11-14,16H2,(H,25,27). The maximum atomic E-state index is 12.5. The Kier molecular flexibility index (Phi) is 4.99. The number of para-hydroxylation sites is 3. The van der Waals surface area contributed by atoms with Gasteiger partial charge in [-0.25, -0.2) is 0 Å². The molecule has 1 amide bonds. The lowest BCUT2D eigenvalue weighted by Crippen LogP contribution is -2.36. The molecule has 0 atom stereocenters. The summed E-state index contributed by atoms with van der Waals surface area (Å²) in [5.41, 5.74) is 3.42. The summed E-state index contributed by atoms with van der Waals surface area (Å²) in [6.07, 6.45) is 0. The second-order valence-corrected chi connectivity index (χ2v) is 7.21. The number of carbonyl (C=O) groups excluding carboxylic acids is 1. The van der Waals surface area contributed by atoms with Crippen LogP contribution in [0.2, 0.25) is 0 Å². The Bertz CT molecular complexity index is 1190. The number of hydrogen-bond donors (Lipinski definition) is 1. The summed E-state index contributed by atoms with van der Waals surface area (Å²) in [5.74, 6) is 0.429. The van der Waals surface area contributed by atoms with Gasteiger partial charge in [-0.1, -0.05) is 30.3 Å². The summed E-state index contributed by atoms with van der Waals surface area (Å²) in [6, 6.07) is 21.3. The van der Waals surface area contributed by atoms with E-state index < -0.39 is 0 Å². The zero-order valence-corrected chi connectivity index (χ0v) is 16.5. The molecule has 6 heteroatoms.